The molecule has 0 saturated carbocycles. The molecule has 1 N–H and O–H groups in total. The van der Waals surface area contributed by atoms with Gasteiger partial charge in [0.2, 0.25) is 5.91 Å². The zero-order valence-electron chi connectivity index (χ0n) is 17.8. The molecule has 32 heavy (non-hydrogen) atoms. The zero-order chi connectivity index (χ0) is 21.8. The summed E-state index contributed by atoms with van der Waals surface area (Å²) in [5, 5.41) is 13.5. The molecule has 0 spiro atoms. The van der Waals surface area contributed by atoms with Crippen LogP contribution in [0.25, 0.3) is 27.9 Å². The lowest BCUT2D eigenvalue weighted by Gasteiger charge is -2.13. The van der Waals surface area contributed by atoms with Crippen LogP contribution in [0.1, 0.15) is 32.1 Å². The maximum absolute atomic E-state index is 12.5. The van der Waals surface area contributed by atoms with Crippen molar-refractivity contribution in [1.82, 2.24) is 24.9 Å². The smallest absolute Gasteiger partial charge is 0.230 e. The van der Waals surface area contributed by atoms with Crippen LogP contribution in [0.3, 0.4) is 0 Å². The molecular weight excluding hydrogens is 418 g/mol. The van der Waals surface area contributed by atoms with Crippen LogP contribution in [0.15, 0.2) is 71.4 Å². The molecule has 2 heterocycles. The Hall–Kier alpha value is -3.19. The van der Waals surface area contributed by atoms with Crippen LogP contribution in [0, 0.1) is 0 Å². The number of fused-ring (bicyclic) bond motifs is 3. The first-order valence-corrected chi connectivity index (χ1v) is 12.0. The van der Waals surface area contributed by atoms with Crippen molar-refractivity contribution in [3.8, 4) is 11.4 Å². The maximum Gasteiger partial charge on any atom is 0.230 e. The van der Waals surface area contributed by atoms with E-state index in [1.807, 2.05) is 59.0 Å². The van der Waals surface area contributed by atoms with Gasteiger partial charge in [-0.25, -0.2) is 4.98 Å². The van der Waals surface area contributed by atoms with E-state index in [1.54, 1.807) is 0 Å². The number of thioether (sulfide) groups is 1. The second-order valence-electron chi connectivity index (χ2n) is 7.96. The number of para-hydroxylation sites is 1. The number of nitrogens with one attached hydrogen (secondary N) is 1. The monoisotopic (exact) mass is 443 g/mol. The van der Waals surface area contributed by atoms with E-state index in [0.717, 1.165) is 34.4 Å². The first kappa shape index (κ1) is 20.7. The summed E-state index contributed by atoms with van der Waals surface area (Å²) >= 11 is 1.39. The van der Waals surface area contributed by atoms with Gasteiger partial charge in [0.15, 0.2) is 10.8 Å². The van der Waals surface area contributed by atoms with E-state index >= 15 is 0 Å². The molecule has 0 radical (unpaired) electrons. The average Bonchev–Trinajstić information content (AvgIpc) is 3.28. The number of carbonyl (C=O) groups is 1. The van der Waals surface area contributed by atoms with Crippen molar-refractivity contribution in [1.29, 1.82) is 0 Å². The molecule has 5 rings (SSSR count). The minimum absolute atomic E-state index is 0.0122. The molecule has 2 aromatic carbocycles. The maximum atomic E-state index is 12.5. The zero-order valence-corrected chi connectivity index (χ0v) is 18.6. The predicted molar refractivity (Wildman–Crippen MR) is 129 cm³/mol. The molecule has 0 aliphatic heterocycles. The van der Waals surface area contributed by atoms with Gasteiger partial charge < -0.3 is 5.32 Å². The van der Waals surface area contributed by atoms with Gasteiger partial charge in [-0.3, -0.25) is 9.20 Å². The second kappa shape index (κ2) is 9.53. The summed E-state index contributed by atoms with van der Waals surface area (Å²) in [7, 11) is 0. The molecule has 0 fully saturated rings. The highest BCUT2D eigenvalue weighted by atomic mass is 32.2. The third-order valence-electron chi connectivity index (χ3n) is 5.73. The van der Waals surface area contributed by atoms with Crippen LogP contribution in [0.2, 0.25) is 0 Å². The van der Waals surface area contributed by atoms with Gasteiger partial charge in [-0.1, -0.05) is 65.9 Å². The summed E-state index contributed by atoms with van der Waals surface area (Å²) in [6, 6.07) is 17.9. The predicted octanol–water partition coefficient (Wildman–Crippen LogP) is 5.04. The highest BCUT2D eigenvalue weighted by Crippen LogP contribution is 2.28. The molecule has 0 atom stereocenters. The fraction of sp³-hybridized carbons (Fsp3) is 0.280. The van der Waals surface area contributed by atoms with Crippen molar-refractivity contribution < 1.29 is 4.79 Å². The Morgan fingerprint density at radius 1 is 1.03 bits per heavy atom. The third kappa shape index (κ3) is 4.39. The molecule has 6 nitrogen and oxygen atoms in total. The van der Waals surface area contributed by atoms with Gasteiger partial charge in [0, 0.05) is 17.5 Å². The number of hydrogen-bond acceptors (Lipinski definition) is 5. The van der Waals surface area contributed by atoms with E-state index in [9.17, 15) is 4.79 Å². The highest BCUT2D eigenvalue weighted by molar-refractivity contribution is 7.99. The third-order valence-corrected chi connectivity index (χ3v) is 6.66. The number of carbonyl (C=O) groups excluding carboxylic acids is 1. The minimum atomic E-state index is 0.0122. The number of nitrogens with zero attached hydrogens (tertiary/aromatic N) is 4. The van der Waals surface area contributed by atoms with E-state index in [0.29, 0.717) is 17.5 Å². The van der Waals surface area contributed by atoms with E-state index in [1.165, 1.54) is 43.0 Å². The lowest BCUT2D eigenvalue weighted by Crippen LogP contribution is -2.26. The molecule has 0 saturated heterocycles. The summed E-state index contributed by atoms with van der Waals surface area (Å²) in [4.78, 5) is 17.4. The molecule has 4 aromatic rings. The normalized spacial score (nSPS) is 13.9. The Kier molecular flexibility index (Phi) is 6.16. The second-order valence-corrected chi connectivity index (χ2v) is 8.90. The molecular formula is C25H25N5OS. The fourth-order valence-corrected chi connectivity index (χ4v) is 4.87. The Bertz CT molecular complexity index is 1280. The lowest BCUT2D eigenvalue weighted by molar-refractivity contribution is -0.118. The summed E-state index contributed by atoms with van der Waals surface area (Å²) in [5.74, 6) is 1.08. The molecule has 1 aliphatic carbocycles. The molecule has 2 aromatic heterocycles. The molecule has 0 unspecified atom stereocenters. The highest BCUT2D eigenvalue weighted by Gasteiger charge is 2.17. The summed E-state index contributed by atoms with van der Waals surface area (Å²) in [5.41, 5.74) is 4.08. The van der Waals surface area contributed by atoms with Crippen LogP contribution >= 0.6 is 11.8 Å². The quantitative estimate of drug-likeness (QED) is 0.320. The first-order chi connectivity index (χ1) is 15.8. The number of benzene rings is 2. The van der Waals surface area contributed by atoms with Crippen molar-refractivity contribution in [3.63, 3.8) is 0 Å². The van der Waals surface area contributed by atoms with Gasteiger partial charge >= 0.3 is 0 Å². The summed E-state index contributed by atoms with van der Waals surface area (Å²) in [6.45, 7) is 0.688. The van der Waals surface area contributed by atoms with E-state index in [2.05, 4.69) is 21.6 Å². The van der Waals surface area contributed by atoms with Gasteiger partial charge in [-0.2, -0.15) is 0 Å². The van der Waals surface area contributed by atoms with Crippen LogP contribution in [0.4, 0.5) is 0 Å². The number of rotatable bonds is 7. The van der Waals surface area contributed by atoms with Crippen LogP contribution in [0.5, 0.6) is 0 Å². The topological polar surface area (TPSA) is 72.2 Å². The molecule has 0 bridgehead atoms. The number of aromatic nitrogens is 4. The number of hydrogen-bond donors (Lipinski definition) is 1. The van der Waals surface area contributed by atoms with E-state index in [-0.39, 0.29) is 5.91 Å². The summed E-state index contributed by atoms with van der Waals surface area (Å²) in [6.07, 6.45) is 8.16. The summed E-state index contributed by atoms with van der Waals surface area (Å²) < 4.78 is 1.96. The van der Waals surface area contributed by atoms with Gasteiger partial charge in [-0.15, -0.1) is 10.2 Å². The van der Waals surface area contributed by atoms with Gasteiger partial charge in [0.05, 0.1) is 11.3 Å². The van der Waals surface area contributed by atoms with Crippen molar-refractivity contribution in [2.75, 3.05) is 12.3 Å². The standard InChI is InChI=1S/C25H25N5OS/c31-22(26-16-15-18-9-3-1-4-10-18)17-32-25-29-28-24-20-13-7-8-14-21(20)27-23(30(24)25)19-11-5-2-6-12-19/h2,5-9,11-14H,1,3-4,10,15-17H2,(H,26,31). The SMILES string of the molecule is O=C(CSc1nnc2c3ccccc3nc(-c3ccccc3)n12)NCCC1=CCCCC1. The van der Waals surface area contributed by atoms with Gasteiger partial charge in [0.1, 0.15) is 5.82 Å². The van der Waals surface area contributed by atoms with Crippen molar-refractivity contribution in [2.24, 2.45) is 0 Å². The van der Waals surface area contributed by atoms with Crippen molar-refractivity contribution in [3.05, 3.63) is 66.2 Å². The largest absolute Gasteiger partial charge is 0.355 e. The lowest BCUT2D eigenvalue weighted by atomic mass is 9.97. The van der Waals surface area contributed by atoms with Gasteiger partial charge in [-0.05, 0) is 44.2 Å². The molecule has 1 aliphatic rings. The first-order valence-electron chi connectivity index (χ1n) is 11.1. The Balaban J connectivity index is 1.36. The van der Waals surface area contributed by atoms with Crippen LogP contribution in [-0.4, -0.2) is 37.8 Å². The number of amides is 1. The molecule has 1 amide bonds. The van der Waals surface area contributed by atoms with Gasteiger partial charge in [0.25, 0.3) is 0 Å². The van der Waals surface area contributed by atoms with Crippen LogP contribution < -0.4 is 5.32 Å². The molecule has 162 valence electrons. The minimum Gasteiger partial charge on any atom is -0.355 e. The van der Waals surface area contributed by atoms with Crippen LogP contribution in [-0.2, 0) is 4.79 Å². The Labute approximate surface area is 191 Å². The molecule has 7 heteroatoms. The van der Waals surface area contributed by atoms with E-state index < -0.39 is 0 Å². The Morgan fingerprint density at radius 2 is 1.88 bits per heavy atom. The van der Waals surface area contributed by atoms with Crippen molar-refractivity contribution in [2.45, 2.75) is 37.3 Å². The average molecular weight is 444 g/mol. The van der Waals surface area contributed by atoms with E-state index in [4.69, 9.17) is 4.98 Å². The fourth-order valence-electron chi connectivity index (χ4n) is 4.11. The Morgan fingerprint density at radius 3 is 2.72 bits per heavy atom. The van der Waals surface area contributed by atoms with Crippen molar-refractivity contribution >= 4 is 34.2 Å². The number of allylic oxidation sites excluding steroid dienone is 1.